The van der Waals surface area contributed by atoms with Crippen LogP contribution in [0.2, 0.25) is 0 Å². The lowest BCUT2D eigenvalue weighted by Gasteiger charge is -2.11. The Balaban J connectivity index is 1.70. The summed E-state index contributed by atoms with van der Waals surface area (Å²) in [6, 6.07) is 13.5. The van der Waals surface area contributed by atoms with E-state index >= 15 is 0 Å². The number of aryl methyl sites for hydroxylation is 1. The minimum absolute atomic E-state index is 0.00951. The van der Waals surface area contributed by atoms with Gasteiger partial charge in [-0.05, 0) is 42.8 Å². The van der Waals surface area contributed by atoms with Crippen LogP contribution in [0.15, 0.2) is 53.2 Å². The Hall–Kier alpha value is -3.12. The molecule has 0 aliphatic heterocycles. The molecule has 6 nitrogen and oxygen atoms in total. The van der Waals surface area contributed by atoms with Crippen molar-refractivity contribution in [3.63, 3.8) is 0 Å². The Kier molecular flexibility index (Phi) is 3.95. The zero-order valence-electron chi connectivity index (χ0n) is 13.7. The number of hydrogen-bond donors (Lipinski definition) is 2. The van der Waals surface area contributed by atoms with Crippen molar-refractivity contribution in [2.24, 2.45) is 0 Å². The molecular weight excluding hydrogens is 318 g/mol. The van der Waals surface area contributed by atoms with Crippen LogP contribution in [-0.2, 0) is 0 Å². The number of ether oxygens (including phenoxy) is 1. The number of aromatic nitrogens is 2. The third-order valence-electron chi connectivity index (χ3n) is 3.94. The lowest BCUT2D eigenvalue weighted by atomic mass is 10.2. The van der Waals surface area contributed by atoms with Crippen LogP contribution in [0.25, 0.3) is 22.1 Å². The first kappa shape index (κ1) is 15.4. The summed E-state index contributed by atoms with van der Waals surface area (Å²) in [6.07, 6.45) is 1.53. The van der Waals surface area contributed by atoms with Crippen molar-refractivity contribution in [2.45, 2.75) is 6.92 Å². The second kappa shape index (κ2) is 6.41. The van der Waals surface area contributed by atoms with Crippen LogP contribution in [0.5, 0.6) is 5.75 Å². The predicted molar refractivity (Wildman–Crippen MR) is 96.4 cm³/mol. The van der Waals surface area contributed by atoms with E-state index in [4.69, 9.17) is 14.3 Å². The minimum atomic E-state index is -0.00951. The van der Waals surface area contributed by atoms with Gasteiger partial charge in [-0.2, -0.15) is 0 Å². The number of nitrogens with zero attached hydrogens (tertiary/aromatic N) is 2. The summed E-state index contributed by atoms with van der Waals surface area (Å²) in [4.78, 5) is 8.67. The number of nitrogens with one attached hydrogen (secondary N) is 1. The Morgan fingerprint density at radius 2 is 2.04 bits per heavy atom. The number of furan rings is 1. The molecule has 0 aliphatic rings. The van der Waals surface area contributed by atoms with Crippen LogP contribution >= 0.6 is 0 Å². The molecule has 126 valence electrons. The summed E-state index contributed by atoms with van der Waals surface area (Å²) < 4.78 is 11.4. The van der Waals surface area contributed by atoms with Crippen molar-refractivity contribution in [1.82, 2.24) is 9.97 Å². The number of para-hydroxylation sites is 1. The maximum atomic E-state index is 8.87. The molecule has 2 aromatic heterocycles. The molecule has 25 heavy (non-hydrogen) atoms. The SMILES string of the molecule is Cc1cc(Nc2ncnc3c2oc2ccccc23)ccc1OCCO. The van der Waals surface area contributed by atoms with Gasteiger partial charge >= 0.3 is 0 Å². The topological polar surface area (TPSA) is 80.4 Å². The maximum absolute atomic E-state index is 8.87. The van der Waals surface area contributed by atoms with Crippen molar-refractivity contribution in [2.75, 3.05) is 18.5 Å². The Morgan fingerprint density at radius 1 is 1.16 bits per heavy atom. The molecule has 0 fully saturated rings. The molecule has 2 heterocycles. The highest BCUT2D eigenvalue weighted by Crippen LogP contribution is 2.32. The number of rotatable bonds is 5. The first-order valence-electron chi connectivity index (χ1n) is 8.00. The lowest BCUT2D eigenvalue weighted by Crippen LogP contribution is -2.03. The summed E-state index contributed by atoms with van der Waals surface area (Å²) >= 11 is 0. The molecule has 4 aromatic rings. The Morgan fingerprint density at radius 3 is 2.88 bits per heavy atom. The van der Waals surface area contributed by atoms with E-state index in [2.05, 4.69) is 15.3 Å². The van der Waals surface area contributed by atoms with Gasteiger partial charge in [0.15, 0.2) is 11.4 Å². The molecule has 0 radical (unpaired) electrons. The summed E-state index contributed by atoms with van der Waals surface area (Å²) in [5, 5.41) is 13.1. The van der Waals surface area contributed by atoms with E-state index in [1.54, 1.807) is 0 Å². The monoisotopic (exact) mass is 335 g/mol. The molecule has 2 aromatic carbocycles. The minimum Gasteiger partial charge on any atom is -0.491 e. The first-order valence-corrected chi connectivity index (χ1v) is 8.00. The number of hydrogen-bond acceptors (Lipinski definition) is 6. The third-order valence-corrected chi connectivity index (χ3v) is 3.94. The number of aliphatic hydroxyl groups excluding tert-OH is 1. The molecule has 0 unspecified atom stereocenters. The van der Waals surface area contributed by atoms with Crippen molar-refractivity contribution >= 4 is 33.6 Å². The average Bonchev–Trinajstić information content (AvgIpc) is 3.01. The second-order valence-electron chi connectivity index (χ2n) is 5.68. The summed E-state index contributed by atoms with van der Waals surface area (Å²) in [6.45, 7) is 2.22. The standard InChI is InChI=1S/C19H17N3O3/c1-12-10-13(6-7-15(12)24-9-8-23)22-19-18-17(20-11-21-19)14-4-2-3-5-16(14)25-18/h2-7,10-11,23H,8-9H2,1H3,(H,20,21,22). The maximum Gasteiger partial charge on any atom is 0.196 e. The number of benzene rings is 2. The van der Waals surface area contributed by atoms with E-state index in [0.29, 0.717) is 11.4 Å². The van der Waals surface area contributed by atoms with Crippen molar-refractivity contribution in [3.05, 3.63) is 54.4 Å². The molecular formula is C19H17N3O3. The highest BCUT2D eigenvalue weighted by molar-refractivity contribution is 6.05. The molecule has 0 amide bonds. The molecule has 0 atom stereocenters. The second-order valence-corrected chi connectivity index (χ2v) is 5.68. The fourth-order valence-electron chi connectivity index (χ4n) is 2.79. The highest BCUT2D eigenvalue weighted by atomic mass is 16.5. The van der Waals surface area contributed by atoms with Gasteiger partial charge in [-0.25, -0.2) is 9.97 Å². The van der Waals surface area contributed by atoms with Gasteiger partial charge in [0.1, 0.15) is 29.8 Å². The number of aliphatic hydroxyl groups is 1. The van der Waals surface area contributed by atoms with Gasteiger partial charge in [0.25, 0.3) is 0 Å². The van der Waals surface area contributed by atoms with Crippen molar-refractivity contribution < 1.29 is 14.3 Å². The normalized spacial score (nSPS) is 11.1. The molecule has 0 spiro atoms. The molecule has 0 bridgehead atoms. The van der Waals surface area contributed by atoms with Crippen LogP contribution in [0.3, 0.4) is 0 Å². The van der Waals surface area contributed by atoms with E-state index < -0.39 is 0 Å². The molecule has 0 aliphatic carbocycles. The summed E-state index contributed by atoms with van der Waals surface area (Å²) in [7, 11) is 0. The Labute approximate surface area is 144 Å². The van der Waals surface area contributed by atoms with Crippen LogP contribution < -0.4 is 10.1 Å². The van der Waals surface area contributed by atoms with Crippen molar-refractivity contribution in [1.29, 1.82) is 0 Å². The van der Waals surface area contributed by atoms with E-state index in [9.17, 15) is 0 Å². The third kappa shape index (κ3) is 2.88. The zero-order chi connectivity index (χ0) is 17.2. The predicted octanol–water partition coefficient (Wildman–Crippen LogP) is 3.80. The summed E-state index contributed by atoms with van der Waals surface area (Å²) in [5.41, 5.74) is 4.03. The summed E-state index contributed by atoms with van der Waals surface area (Å²) in [5.74, 6) is 1.36. The smallest absolute Gasteiger partial charge is 0.196 e. The molecule has 2 N–H and O–H groups in total. The van der Waals surface area contributed by atoms with E-state index in [0.717, 1.165) is 33.5 Å². The molecule has 6 heteroatoms. The van der Waals surface area contributed by atoms with E-state index in [1.165, 1.54) is 6.33 Å². The Bertz CT molecular complexity index is 1040. The largest absolute Gasteiger partial charge is 0.491 e. The van der Waals surface area contributed by atoms with Gasteiger partial charge in [0.05, 0.1) is 6.61 Å². The molecule has 4 rings (SSSR count). The van der Waals surface area contributed by atoms with Gasteiger partial charge in [-0.15, -0.1) is 0 Å². The molecule has 0 saturated heterocycles. The zero-order valence-corrected chi connectivity index (χ0v) is 13.7. The van der Waals surface area contributed by atoms with Crippen LogP contribution in [0, 0.1) is 6.92 Å². The number of anilines is 2. The number of fused-ring (bicyclic) bond motifs is 3. The fraction of sp³-hybridized carbons (Fsp3) is 0.158. The van der Waals surface area contributed by atoms with Crippen LogP contribution in [0.1, 0.15) is 5.56 Å². The van der Waals surface area contributed by atoms with Crippen LogP contribution in [0.4, 0.5) is 11.5 Å². The van der Waals surface area contributed by atoms with E-state index in [1.807, 2.05) is 49.4 Å². The average molecular weight is 335 g/mol. The van der Waals surface area contributed by atoms with Gasteiger partial charge < -0.3 is 19.6 Å². The van der Waals surface area contributed by atoms with Gasteiger partial charge in [0, 0.05) is 11.1 Å². The van der Waals surface area contributed by atoms with Gasteiger partial charge in [-0.1, -0.05) is 12.1 Å². The van der Waals surface area contributed by atoms with Gasteiger partial charge in [-0.3, -0.25) is 0 Å². The quantitative estimate of drug-likeness (QED) is 0.577. The van der Waals surface area contributed by atoms with Crippen LogP contribution in [-0.4, -0.2) is 28.3 Å². The highest BCUT2D eigenvalue weighted by Gasteiger charge is 2.13. The fourth-order valence-corrected chi connectivity index (χ4v) is 2.79. The van der Waals surface area contributed by atoms with Crippen molar-refractivity contribution in [3.8, 4) is 5.75 Å². The first-order chi connectivity index (χ1) is 12.3. The van der Waals surface area contributed by atoms with Gasteiger partial charge in [0.2, 0.25) is 0 Å². The molecule has 0 saturated carbocycles. The van der Waals surface area contributed by atoms with E-state index in [-0.39, 0.29) is 13.2 Å². The lowest BCUT2D eigenvalue weighted by molar-refractivity contribution is 0.200.